The number of aromatic nitrogens is 1. The Hall–Kier alpha value is -2.66. The van der Waals surface area contributed by atoms with Gasteiger partial charge in [-0.3, -0.25) is 4.79 Å². The van der Waals surface area contributed by atoms with E-state index in [1.54, 1.807) is 5.38 Å². The molecule has 24 heavy (non-hydrogen) atoms. The van der Waals surface area contributed by atoms with Crippen molar-refractivity contribution in [1.29, 1.82) is 0 Å². The summed E-state index contributed by atoms with van der Waals surface area (Å²) in [6, 6.07) is 18.1. The molecule has 0 spiro atoms. The zero-order chi connectivity index (χ0) is 16.8. The Labute approximate surface area is 144 Å². The maximum absolute atomic E-state index is 10.7. The van der Waals surface area contributed by atoms with Crippen molar-refractivity contribution in [3.05, 3.63) is 70.7 Å². The third-order valence-electron chi connectivity index (χ3n) is 3.48. The van der Waals surface area contributed by atoms with Crippen LogP contribution in [0.4, 0.5) is 0 Å². The molecule has 1 aromatic heterocycles. The molecule has 0 radical (unpaired) electrons. The fourth-order valence-electron chi connectivity index (χ4n) is 2.40. The summed E-state index contributed by atoms with van der Waals surface area (Å²) in [4.78, 5) is 15.0. The third kappa shape index (κ3) is 4.20. The van der Waals surface area contributed by atoms with E-state index in [4.69, 9.17) is 9.84 Å². The summed E-state index contributed by atoms with van der Waals surface area (Å²) in [5.41, 5.74) is 2.78. The van der Waals surface area contributed by atoms with Crippen LogP contribution in [0.1, 0.15) is 10.7 Å². The van der Waals surface area contributed by atoms with Gasteiger partial charge in [-0.2, -0.15) is 0 Å². The number of carbonyl (C=O) groups is 1. The molecule has 2 aromatic carbocycles. The van der Waals surface area contributed by atoms with E-state index in [1.807, 2.05) is 42.5 Å². The molecule has 5 heteroatoms. The highest BCUT2D eigenvalue weighted by Crippen LogP contribution is 2.29. The van der Waals surface area contributed by atoms with Gasteiger partial charge in [0.2, 0.25) is 0 Å². The van der Waals surface area contributed by atoms with Gasteiger partial charge in [0.05, 0.1) is 23.7 Å². The first-order valence-corrected chi connectivity index (χ1v) is 8.52. The number of hydrogen-bond donors (Lipinski definition) is 1. The van der Waals surface area contributed by atoms with Crippen molar-refractivity contribution in [2.45, 2.75) is 12.8 Å². The molecule has 0 saturated heterocycles. The van der Waals surface area contributed by atoms with Crippen LogP contribution in [0.5, 0.6) is 5.75 Å². The Morgan fingerprint density at radius 3 is 2.62 bits per heavy atom. The van der Waals surface area contributed by atoms with Crippen molar-refractivity contribution in [2.75, 3.05) is 6.61 Å². The maximum Gasteiger partial charge on any atom is 0.309 e. The number of hydrogen-bond acceptors (Lipinski definition) is 4. The van der Waals surface area contributed by atoms with Gasteiger partial charge < -0.3 is 9.84 Å². The molecule has 0 atom stereocenters. The molecule has 0 fully saturated rings. The van der Waals surface area contributed by atoms with Crippen LogP contribution >= 0.6 is 11.3 Å². The number of ether oxygens (including phenoxy) is 1. The van der Waals surface area contributed by atoms with E-state index < -0.39 is 5.97 Å². The highest BCUT2D eigenvalue weighted by molar-refractivity contribution is 7.09. The topological polar surface area (TPSA) is 59.4 Å². The van der Waals surface area contributed by atoms with Crippen molar-refractivity contribution in [2.24, 2.45) is 0 Å². The smallest absolute Gasteiger partial charge is 0.309 e. The largest absolute Gasteiger partial charge is 0.493 e. The second-order valence-corrected chi connectivity index (χ2v) is 6.21. The molecule has 0 saturated carbocycles. The molecule has 1 heterocycles. The van der Waals surface area contributed by atoms with Crippen molar-refractivity contribution < 1.29 is 14.6 Å². The number of nitrogens with zero attached hydrogens (tertiary/aromatic N) is 1. The quantitative estimate of drug-likeness (QED) is 0.705. The van der Waals surface area contributed by atoms with Gasteiger partial charge in [-0.1, -0.05) is 48.5 Å². The minimum absolute atomic E-state index is 0.0335. The standard InChI is InChI=1S/C19H17NO3S/c21-19(22)12-15-13-24-18(20-15)10-11-23-17-9-5-4-8-16(17)14-6-2-1-3-7-14/h1-9,13H,10-12H2,(H,21,22). The summed E-state index contributed by atoms with van der Waals surface area (Å²) < 4.78 is 5.94. The minimum atomic E-state index is -0.861. The van der Waals surface area contributed by atoms with Crippen LogP contribution in [-0.4, -0.2) is 22.7 Å². The lowest BCUT2D eigenvalue weighted by molar-refractivity contribution is -0.136. The summed E-state index contributed by atoms with van der Waals surface area (Å²) in [6.45, 7) is 0.504. The second-order valence-electron chi connectivity index (χ2n) is 5.26. The summed E-state index contributed by atoms with van der Waals surface area (Å²) in [5, 5.41) is 11.5. The average Bonchev–Trinajstić information content (AvgIpc) is 3.03. The lowest BCUT2D eigenvalue weighted by atomic mass is 10.1. The zero-order valence-electron chi connectivity index (χ0n) is 13.0. The Bertz CT molecular complexity index is 814. The van der Waals surface area contributed by atoms with Gasteiger partial charge >= 0.3 is 5.97 Å². The number of carboxylic acids is 1. The van der Waals surface area contributed by atoms with Crippen LogP contribution in [0.25, 0.3) is 11.1 Å². The van der Waals surface area contributed by atoms with Gasteiger partial charge in [-0.05, 0) is 11.6 Å². The lowest BCUT2D eigenvalue weighted by Crippen LogP contribution is -2.03. The molecule has 0 unspecified atom stereocenters. The van der Waals surface area contributed by atoms with E-state index in [0.717, 1.165) is 21.9 Å². The number of para-hydroxylation sites is 1. The molecule has 3 aromatic rings. The monoisotopic (exact) mass is 339 g/mol. The van der Waals surface area contributed by atoms with Gasteiger partial charge in [0.15, 0.2) is 0 Å². The van der Waals surface area contributed by atoms with Crippen molar-refractivity contribution in [3.8, 4) is 16.9 Å². The number of carboxylic acid groups (broad SMARTS) is 1. The van der Waals surface area contributed by atoms with E-state index in [1.165, 1.54) is 11.3 Å². The first kappa shape index (κ1) is 16.2. The van der Waals surface area contributed by atoms with E-state index in [9.17, 15) is 4.79 Å². The molecular formula is C19H17NO3S. The molecular weight excluding hydrogens is 322 g/mol. The highest BCUT2D eigenvalue weighted by atomic mass is 32.1. The zero-order valence-corrected chi connectivity index (χ0v) is 13.8. The number of aliphatic carboxylic acids is 1. The fourth-order valence-corrected chi connectivity index (χ4v) is 3.18. The number of thiazole rings is 1. The van der Waals surface area contributed by atoms with Crippen LogP contribution in [-0.2, 0) is 17.6 Å². The first-order chi connectivity index (χ1) is 11.7. The molecule has 4 nitrogen and oxygen atoms in total. The molecule has 122 valence electrons. The van der Waals surface area contributed by atoms with Crippen molar-refractivity contribution in [3.63, 3.8) is 0 Å². The molecule has 0 aliphatic heterocycles. The fraction of sp³-hybridized carbons (Fsp3) is 0.158. The summed E-state index contributed by atoms with van der Waals surface area (Å²) in [5.74, 6) is -0.0223. The van der Waals surface area contributed by atoms with E-state index in [0.29, 0.717) is 18.7 Å². The molecule has 0 amide bonds. The number of rotatable bonds is 7. The van der Waals surface area contributed by atoms with Crippen molar-refractivity contribution >= 4 is 17.3 Å². The summed E-state index contributed by atoms with van der Waals surface area (Å²) in [6.07, 6.45) is 0.627. The summed E-state index contributed by atoms with van der Waals surface area (Å²) >= 11 is 1.47. The highest BCUT2D eigenvalue weighted by Gasteiger charge is 2.08. The van der Waals surface area contributed by atoms with Gasteiger partial charge in [0, 0.05) is 17.4 Å². The van der Waals surface area contributed by atoms with Gasteiger partial charge in [0.25, 0.3) is 0 Å². The Morgan fingerprint density at radius 1 is 1.08 bits per heavy atom. The molecule has 0 bridgehead atoms. The first-order valence-electron chi connectivity index (χ1n) is 7.64. The van der Waals surface area contributed by atoms with Crippen LogP contribution < -0.4 is 4.74 Å². The van der Waals surface area contributed by atoms with Gasteiger partial charge in [-0.25, -0.2) is 4.98 Å². The molecule has 0 aliphatic carbocycles. The lowest BCUT2D eigenvalue weighted by Gasteiger charge is -2.11. The van der Waals surface area contributed by atoms with Gasteiger partial charge in [-0.15, -0.1) is 11.3 Å². The minimum Gasteiger partial charge on any atom is -0.493 e. The Kier molecular flexibility index (Phi) is 5.23. The second kappa shape index (κ2) is 7.75. The van der Waals surface area contributed by atoms with Gasteiger partial charge in [0.1, 0.15) is 5.75 Å². The third-order valence-corrected chi connectivity index (χ3v) is 4.43. The predicted molar refractivity (Wildman–Crippen MR) is 94.5 cm³/mol. The van der Waals surface area contributed by atoms with Crippen molar-refractivity contribution in [1.82, 2.24) is 4.98 Å². The maximum atomic E-state index is 10.7. The predicted octanol–water partition coefficient (Wildman–Crippen LogP) is 4.06. The molecule has 1 N–H and O–H groups in total. The van der Waals surface area contributed by atoms with E-state index in [-0.39, 0.29) is 6.42 Å². The average molecular weight is 339 g/mol. The van der Waals surface area contributed by atoms with Crippen LogP contribution in [0.3, 0.4) is 0 Å². The Morgan fingerprint density at radius 2 is 1.83 bits per heavy atom. The number of benzene rings is 2. The molecule has 0 aliphatic rings. The Balaban J connectivity index is 1.63. The summed E-state index contributed by atoms with van der Waals surface area (Å²) in [7, 11) is 0. The normalized spacial score (nSPS) is 10.5. The van der Waals surface area contributed by atoms with Crippen LogP contribution in [0.2, 0.25) is 0 Å². The SMILES string of the molecule is O=C(O)Cc1csc(CCOc2ccccc2-c2ccccc2)n1. The molecule has 3 rings (SSSR count). The van der Waals surface area contributed by atoms with E-state index >= 15 is 0 Å². The van der Waals surface area contributed by atoms with Crippen LogP contribution in [0, 0.1) is 0 Å². The van der Waals surface area contributed by atoms with Crippen LogP contribution in [0.15, 0.2) is 60.0 Å². The van der Waals surface area contributed by atoms with E-state index in [2.05, 4.69) is 17.1 Å².